The summed E-state index contributed by atoms with van der Waals surface area (Å²) in [5.74, 6) is 2.73. The van der Waals surface area contributed by atoms with Crippen LogP contribution in [0.4, 0.5) is 4.39 Å². The normalized spacial score (nSPS) is 34.4. The van der Waals surface area contributed by atoms with Crippen molar-refractivity contribution in [2.24, 2.45) is 23.2 Å². The fraction of sp³-hybridized carbons (Fsp3) is 0.632. The summed E-state index contributed by atoms with van der Waals surface area (Å²) in [5.41, 5.74) is 1.54. The molecule has 124 valence electrons. The van der Waals surface area contributed by atoms with Crippen molar-refractivity contribution in [3.63, 3.8) is 0 Å². The topological polar surface area (TPSA) is 24.1 Å². The molecule has 0 spiro atoms. The van der Waals surface area contributed by atoms with Crippen LogP contribution in [-0.4, -0.2) is 11.7 Å². The van der Waals surface area contributed by atoms with Crippen molar-refractivity contribution in [2.75, 3.05) is 6.54 Å². The van der Waals surface area contributed by atoms with E-state index < -0.39 is 0 Å². The molecule has 4 aliphatic rings. The Morgan fingerprint density at radius 3 is 2.13 bits per heavy atom. The highest BCUT2D eigenvalue weighted by molar-refractivity contribution is 7.80. The van der Waals surface area contributed by atoms with E-state index in [0.29, 0.717) is 12.0 Å². The van der Waals surface area contributed by atoms with Gasteiger partial charge in [-0.1, -0.05) is 12.1 Å². The van der Waals surface area contributed by atoms with Crippen molar-refractivity contribution in [3.05, 3.63) is 35.6 Å². The van der Waals surface area contributed by atoms with Gasteiger partial charge in [0.2, 0.25) is 0 Å². The maximum Gasteiger partial charge on any atom is 0.166 e. The molecule has 0 amide bonds. The molecule has 4 aliphatic carbocycles. The van der Waals surface area contributed by atoms with Crippen LogP contribution in [0.1, 0.15) is 44.1 Å². The smallest absolute Gasteiger partial charge is 0.166 e. The Morgan fingerprint density at radius 2 is 1.57 bits per heavy atom. The Kier molecular flexibility index (Phi) is 4.04. The summed E-state index contributed by atoms with van der Waals surface area (Å²) in [5, 5.41) is 7.44. The first-order valence-electron chi connectivity index (χ1n) is 8.86. The van der Waals surface area contributed by atoms with E-state index in [4.69, 9.17) is 12.2 Å². The van der Waals surface area contributed by atoms with E-state index >= 15 is 0 Å². The second-order valence-electron chi connectivity index (χ2n) is 8.08. The molecule has 4 fully saturated rings. The Labute approximate surface area is 143 Å². The Hall–Kier alpha value is -1.16. The maximum absolute atomic E-state index is 12.9. The molecule has 1 aromatic carbocycles. The molecule has 0 aromatic heterocycles. The zero-order valence-electron chi connectivity index (χ0n) is 13.5. The zero-order chi connectivity index (χ0) is 15.9. The van der Waals surface area contributed by atoms with Crippen LogP contribution in [0.5, 0.6) is 0 Å². The number of thiocarbonyl (C=S) groups is 1. The molecule has 4 heteroatoms. The monoisotopic (exact) mass is 332 g/mol. The van der Waals surface area contributed by atoms with Crippen LogP contribution in [-0.2, 0) is 6.54 Å². The lowest BCUT2D eigenvalue weighted by Crippen LogP contribution is -2.52. The minimum atomic E-state index is -0.198. The molecule has 0 heterocycles. The Balaban J connectivity index is 1.27. The second kappa shape index (κ2) is 6.04. The van der Waals surface area contributed by atoms with Crippen LogP contribution in [0, 0.1) is 29.0 Å². The minimum absolute atomic E-state index is 0.198. The second-order valence-corrected chi connectivity index (χ2v) is 8.49. The van der Waals surface area contributed by atoms with Crippen molar-refractivity contribution < 1.29 is 4.39 Å². The van der Waals surface area contributed by atoms with E-state index in [9.17, 15) is 4.39 Å². The molecule has 4 bridgehead atoms. The Morgan fingerprint density at radius 1 is 1.00 bits per heavy atom. The summed E-state index contributed by atoms with van der Waals surface area (Å²) in [6, 6.07) is 6.57. The van der Waals surface area contributed by atoms with E-state index in [1.807, 2.05) is 0 Å². The van der Waals surface area contributed by atoms with E-state index in [-0.39, 0.29) is 5.82 Å². The average molecular weight is 332 g/mol. The number of hydrogen-bond acceptors (Lipinski definition) is 1. The third kappa shape index (κ3) is 3.37. The summed E-state index contributed by atoms with van der Waals surface area (Å²) in [6.07, 6.45) is 8.62. The van der Waals surface area contributed by atoms with Gasteiger partial charge in [-0.15, -0.1) is 0 Å². The van der Waals surface area contributed by atoms with Gasteiger partial charge in [0.1, 0.15) is 5.82 Å². The summed E-state index contributed by atoms with van der Waals surface area (Å²) in [4.78, 5) is 0. The summed E-state index contributed by atoms with van der Waals surface area (Å²) in [6.45, 7) is 1.67. The van der Waals surface area contributed by atoms with Gasteiger partial charge in [0.25, 0.3) is 0 Å². The van der Waals surface area contributed by atoms with Crippen molar-refractivity contribution in [3.8, 4) is 0 Å². The SMILES string of the molecule is Fc1ccc(CNC(=S)NCC23CC4CC(CC(C4)C2)C3)cc1. The first-order chi connectivity index (χ1) is 11.1. The van der Waals surface area contributed by atoms with Gasteiger partial charge in [0.05, 0.1) is 0 Å². The van der Waals surface area contributed by atoms with E-state index in [0.717, 1.165) is 35.0 Å². The van der Waals surface area contributed by atoms with E-state index in [2.05, 4.69) is 10.6 Å². The van der Waals surface area contributed by atoms with Crippen LogP contribution < -0.4 is 10.6 Å². The maximum atomic E-state index is 12.9. The molecular formula is C19H25FN2S. The van der Waals surface area contributed by atoms with Gasteiger partial charge < -0.3 is 10.6 Å². The van der Waals surface area contributed by atoms with Gasteiger partial charge in [-0.2, -0.15) is 0 Å². The third-order valence-electron chi connectivity index (χ3n) is 6.16. The molecule has 0 radical (unpaired) electrons. The lowest BCUT2D eigenvalue weighted by Gasteiger charge is -2.57. The molecule has 0 atom stereocenters. The van der Waals surface area contributed by atoms with Gasteiger partial charge in [-0.05, 0) is 91.6 Å². The van der Waals surface area contributed by atoms with Gasteiger partial charge >= 0.3 is 0 Å². The van der Waals surface area contributed by atoms with E-state index in [1.165, 1.54) is 50.7 Å². The van der Waals surface area contributed by atoms with Gasteiger partial charge in [-0.3, -0.25) is 0 Å². The number of nitrogens with one attached hydrogen (secondary N) is 2. The molecule has 23 heavy (non-hydrogen) atoms. The lowest BCUT2D eigenvalue weighted by molar-refractivity contribution is -0.0491. The van der Waals surface area contributed by atoms with Crippen molar-refractivity contribution in [1.29, 1.82) is 0 Å². The summed E-state index contributed by atoms with van der Waals surface area (Å²) in [7, 11) is 0. The van der Waals surface area contributed by atoms with Gasteiger partial charge in [0.15, 0.2) is 5.11 Å². The molecule has 2 N–H and O–H groups in total. The van der Waals surface area contributed by atoms with Crippen molar-refractivity contribution >= 4 is 17.3 Å². The average Bonchev–Trinajstić information content (AvgIpc) is 2.51. The first kappa shape index (κ1) is 15.4. The van der Waals surface area contributed by atoms with Crippen molar-refractivity contribution in [2.45, 2.75) is 45.1 Å². The third-order valence-corrected chi connectivity index (χ3v) is 6.44. The number of hydrogen-bond donors (Lipinski definition) is 2. The first-order valence-corrected chi connectivity index (χ1v) is 9.27. The molecular weight excluding hydrogens is 307 g/mol. The quantitative estimate of drug-likeness (QED) is 0.815. The van der Waals surface area contributed by atoms with Crippen LogP contribution in [0.2, 0.25) is 0 Å². The molecule has 0 unspecified atom stereocenters. The molecule has 0 aliphatic heterocycles. The summed E-state index contributed by atoms with van der Waals surface area (Å²) >= 11 is 5.44. The minimum Gasteiger partial charge on any atom is -0.362 e. The predicted octanol–water partition coefficient (Wildman–Crippen LogP) is 4.01. The molecule has 1 aromatic rings. The standard InChI is InChI=1S/C19H25FN2S/c20-17-3-1-13(2-4-17)11-21-18(23)22-12-19-8-14-5-15(9-19)7-16(6-14)10-19/h1-4,14-16H,5-12H2,(H2,21,22,23). The lowest BCUT2D eigenvalue weighted by atomic mass is 9.49. The van der Waals surface area contributed by atoms with Crippen LogP contribution in [0.25, 0.3) is 0 Å². The van der Waals surface area contributed by atoms with Crippen LogP contribution >= 0.6 is 12.2 Å². The largest absolute Gasteiger partial charge is 0.362 e. The highest BCUT2D eigenvalue weighted by Gasteiger charge is 2.50. The van der Waals surface area contributed by atoms with Gasteiger partial charge in [-0.25, -0.2) is 4.39 Å². The molecule has 4 saturated carbocycles. The van der Waals surface area contributed by atoms with E-state index in [1.54, 1.807) is 12.1 Å². The van der Waals surface area contributed by atoms with Crippen LogP contribution in [0.3, 0.4) is 0 Å². The predicted molar refractivity (Wildman–Crippen MR) is 94.4 cm³/mol. The van der Waals surface area contributed by atoms with Crippen molar-refractivity contribution in [1.82, 2.24) is 10.6 Å². The fourth-order valence-electron chi connectivity index (χ4n) is 5.62. The zero-order valence-corrected chi connectivity index (χ0v) is 14.3. The highest BCUT2D eigenvalue weighted by atomic mass is 32.1. The number of halogens is 1. The number of rotatable bonds is 4. The van der Waals surface area contributed by atoms with Gasteiger partial charge in [0, 0.05) is 13.1 Å². The van der Waals surface area contributed by atoms with Crippen LogP contribution in [0.15, 0.2) is 24.3 Å². The fourth-order valence-corrected chi connectivity index (χ4v) is 5.77. The Bertz CT molecular complexity index is 548. The summed E-state index contributed by atoms with van der Waals surface area (Å²) < 4.78 is 12.9. The molecule has 2 nitrogen and oxygen atoms in total. The highest BCUT2D eigenvalue weighted by Crippen LogP contribution is 2.59. The number of benzene rings is 1. The molecule has 0 saturated heterocycles. The molecule has 5 rings (SSSR count).